The standard InChI is InChI=1S/C6H8ClNO4/c1-2-12-6(10)5(8-11)4(9)3-7/h11H,2-3H2,1H3. The number of carbonyl (C=O) groups is 2. The van der Waals surface area contributed by atoms with Crippen molar-refractivity contribution in [1.29, 1.82) is 0 Å². The highest BCUT2D eigenvalue weighted by Gasteiger charge is 2.21. The Morgan fingerprint density at radius 2 is 2.17 bits per heavy atom. The van der Waals surface area contributed by atoms with E-state index < -0.39 is 23.3 Å². The number of alkyl halides is 1. The normalized spacial score (nSPS) is 11.0. The van der Waals surface area contributed by atoms with Gasteiger partial charge in [-0.25, -0.2) is 4.79 Å². The third kappa shape index (κ3) is 2.87. The molecule has 0 saturated carbocycles. The number of ether oxygens (including phenoxy) is 1. The zero-order valence-corrected chi connectivity index (χ0v) is 7.17. The Labute approximate surface area is 73.9 Å². The maximum atomic E-state index is 10.8. The summed E-state index contributed by atoms with van der Waals surface area (Å²) in [6.07, 6.45) is 0. The fourth-order valence-corrected chi connectivity index (χ4v) is 0.600. The summed E-state index contributed by atoms with van der Waals surface area (Å²) in [5.41, 5.74) is -0.674. The summed E-state index contributed by atoms with van der Waals surface area (Å²) in [4.78, 5) is 21.5. The number of ketones is 1. The predicted molar refractivity (Wildman–Crippen MR) is 41.6 cm³/mol. The number of oxime groups is 1. The second-order valence-corrected chi connectivity index (χ2v) is 1.99. The highest BCUT2D eigenvalue weighted by molar-refractivity contribution is 6.67. The van der Waals surface area contributed by atoms with Gasteiger partial charge >= 0.3 is 5.97 Å². The minimum absolute atomic E-state index is 0.105. The van der Waals surface area contributed by atoms with E-state index >= 15 is 0 Å². The highest BCUT2D eigenvalue weighted by atomic mass is 35.5. The van der Waals surface area contributed by atoms with E-state index in [1.54, 1.807) is 6.92 Å². The van der Waals surface area contributed by atoms with Crippen LogP contribution >= 0.6 is 11.6 Å². The monoisotopic (exact) mass is 193 g/mol. The second kappa shape index (κ2) is 5.54. The number of rotatable bonds is 4. The van der Waals surface area contributed by atoms with Gasteiger partial charge in [-0.15, -0.1) is 11.6 Å². The van der Waals surface area contributed by atoms with Crippen molar-refractivity contribution in [2.45, 2.75) is 6.92 Å². The second-order valence-electron chi connectivity index (χ2n) is 1.73. The molecule has 12 heavy (non-hydrogen) atoms. The molecule has 5 nitrogen and oxygen atoms in total. The summed E-state index contributed by atoms with van der Waals surface area (Å²) >= 11 is 5.12. The smallest absolute Gasteiger partial charge is 0.364 e. The van der Waals surface area contributed by atoms with Crippen LogP contribution in [-0.4, -0.2) is 35.2 Å². The molecule has 0 rings (SSSR count). The molecule has 0 aliphatic carbocycles. The predicted octanol–water partition coefficient (Wildman–Crippen LogP) is 0.188. The van der Waals surface area contributed by atoms with Gasteiger partial charge in [-0.3, -0.25) is 4.79 Å². The molecule has 0 aromatic carbocycles. The van der Waals surface area contributed by atoms with Gasteiger partial charge in [-0.2, -0.15) is 0 Å². The van der Waals surface area contributed by atoms with E-state index in [9.17, 15) is 9.59 Å². The summed E-state index contributed by atoms with van der Waals surface area (Å²) in [6, 6.07) is 0. The van der Waals surface area contributed by atoms with E-state index in [1.165, 1.54) is 0 Å². The van der Waals surface area contributed by atoms with Crippen molar-refractivity contribution < 1.29 is 19.5 Å². The Balaban J connectivity index is 4.37. The van der Waals surface area contributed by atoms with E-state index in [2.05, 4.69) is 9.89 Å². The van der Waals surface area contributed by atoms with E-state index in [4.69, 9.17) is 16.8 Å². The number of esters is 1. The summed E-state index contributed by atoms with van der Waals surface area (Å²) in [6.45, 7) is 1.67. The highest BCUT2D eigenvalue weighted by Crippen LogP contribution is 1.89. The molecule has 0 amide bonds. The number of Topliss-reactive ketones (excluding diaryl/α,β-unsaturated/α-hetero) is 1. The zero-order valence-electron chi connectivity index (χ0n) is 6.41. The summed E-state index contributed by atoms with van der Waals surface area (Å²) in [7, 11) is 0. The van der Waals surface area contributed by atoms with Crippen LogP contribution in [0.25, 0.3) is 0 Å². The van der Waals surface area contributed by atoms with Gasteiger partial charge in [-0.1, -0.05) is 5.16 Å². The van der Waals surface area contributed by atoms with Gasteiger partial charge in [0.1, 0.15) is 0 Å². The van der Waals surface area contributed by atoms with Crippen molar-refractivity contribution >= 4 is 29.1 Å². The van der Waals surface area contributed by atoms with Crippen LogP contribution in [0.4, 0.5) is 0 Å². The molecule has 0 spiro atoms. The number of hydrogen-bond acceptors (Lipinski definition) is 5. The van der Waals surface area contributed by atoms with E-state index in [-0.39, 0.29) is 6.61 Å². The van der Waals surface area contributed by atoms with Gasteiger partial charge in [0.15, 0.2) is 0 Å². The minimum Gasteiger partial charge on any atom is -0.461 e. The molecular formula is C6H8ClNO4. The molecule has 0 radical (unpaired) electrons. The van der Waals surface area contributed by atoms with Crippen LogP contribution in [0.2, 0.25) is 0 Å². The number of nitrogens with zero attached hydrogens (tertiary/aromatic N) is 1. The van der Waals surface area contributed by atoms with Gasteiger partial charge in [0.2, 0.25) is 11.5 Å². The Morgan fingerprint density at radius 3 is 2.50 bits per heavy atom. The Morgan fingerprint density at radius 1 is 1.58 bits per heavy atom. The first-order valence-electron chi connectivity index (χ1n) is 3.15. The quantitative estimate of drug-likeness (QED) is 0.173. The molecule has 0 aromatic heterocycles. The molecule has 6 heteroatoms. The average molecular weight is 194 g/mol. The first kappa shape index (κ1) is 10.9. The first-order chi connectivity index (χ1) is 5.67. The summed E-state index contributed by atoms with van der Waals surface area (Å²) in [5.74, 6) is -2.15. The Hall–Kier alpha value is -1.10. The molecular weight excluding hydrogens is 186 g/mol. The number of hydrogen-bond donors (Lipinski definition) is 1. The van der Waals surface area contributed by atoms with Crippen LogP contribution in [0.15, 0.2) is 5.16 Å². The first-order valence-corrected chi connectivity index (χ1v) is 3.69. The van der Waals surface area contributed by atoms with Gasteiger partial charge < -0.3 is 9.94 Å². The lowest BCUT2D eigenvalue weighted by Crippen LogP contribution is -2.27. The van der Waals surface area contributed by atoms with Gasteiger partial charge in [-0.05, 0) is 6.92 Å². The lowest BCUT2D eigenvalue weighted by molar-refractivity contribution is -0.135. The molecule has 0 unspecified atom stereocenters. The maximum Gasteiger partial charge on any atom is 0.364 e. The van der Waals surface area contributed by atoms with Crippen LogP contribution < -0.4 is 0 Å². The van der Waals surface area contributed by atoms with E-state index in [1.807, 2.05) is 0 Å². The molecule has 0 atom stereocenters. The maximum absolute atomic E-state index is 10.8. The van der Waals surface area contributed by atoms with Crippen molar-refractivity contribution in [2.24, 2.45) is 5.16 Å². The van der Waals surface area contributed by atoms with Crippen molar-refractivity contribution in [2.75, 3.05) is 12.5 Å². The fourth-order valence-electron chi connectivity index (χ4n) is 0.473. The third-order valence-electron chi connectivity index (χ3n) is 0.954. The van der Waals surface area contributed by atoms with Crippen molar-refractivity contribution in [1.82, 2.24) is 0 Å². The third-order valence-corrected chi connectivity index (χ3v) is 1.20. The average Bonchev–Trinajstić information content (AvgIpc) is 2.06. The molecule has 0 aromatic rings. The molecule has 0 aliphatic rings. The van der Waals surface area contributed by atoms with Gasteiger partial charge in [0.25, 0.3) is 0 Å². The molecule has 0 saturated heterocycles. The molecule has 1 N–H and O–H groups in total. The number of carbonyl (C=O) groups excluding carboxylic acids is 2. The van der Waals surface area contributed by atoms with Crippen molar-refractivity contribution in [3.63, 3.8) is 0 Å². The molecule has 68 valence electrons. The van der Waals surface area contributed by atoms with E-state index in [0.717, 1.165) is 0 Å². The zero-order chi connectivity index (χ0) is 9.56. The van der Waals surface area contributed by atoms with Crippen LogP contribution in [0.5, 0.6) is 0 Å². The largest absolute Gasteiger partial charge is 0.461 e. The summed E-state index contributed by atoms with van der Waals surface area (Å²) < 4.78 is 4.41. The lowest BCUT2D eigenvalue weighted by Gasteiger charge is -1.99. The van der Waals surface area contributed by atoms with Gasteiger partial charge in [0.05, 0.1) is 12.5 Å². The lowest BCUT2D eigenvalue weighted by atomic mass is 10.3. The fraction of sp³-hybridized carbons (Fsp3) is 0.500. The van der Waals surface area contributed by atoms with Crippen LogP contribution in [-0.2, 0) is 14.3 Å². The Kier molecular flexibility index (Phi) is 5.03. The number of halogens is 1. The molecule has 0 heterocycles. The van der Waals surface area contributed by atoms with Crippen LogP contribution in [0.1, 0.15) is 6.92 Å². The minimum atomic E-state index is -0.967. The van der Waals surface area contributed by atoms with Crippen molar-refractivity contribution in [3.8, 4) is 0 Å². The summed E-state index contributed by atoms with van der Waals surface area (Å²) in [5, 5.41) is 10.7. The molecule has 0 bridgehead atoms. The topological polar surface area (TPSA) is 76.0 Å². The Bertz CT molecular complexity index is 214. The van der Waals surface area contributed by atoms with Crippen LogP contribution in [0, 0.1) is 0 Å². The molecule has 0 aliphatic heterocycles. The van der Waals surface area contributed by atoms with Crippen LogP contribution in [0.3, 0.4) is 0 Å². The SMILES string of the molecule is CCOC(=O)C(=NO)C(=O)CCl. The molecule has 0 fully saturated rings. The van der Waals surface area contributed by atoms with Gasteiger partial charge in [0, 0.05) is 0 Å². The van der Waals surface area contributed by atoms with Crippen molar-refractivity contribution in [3.05, 3.63) is 0 Å². The van der Waals surface area contributed by atoms with E-state index in [0.29, 0.717) is 0 Å².